The molecule has 0 saturated heterocycles. The van der Waals surface area contributed by atoms with Crippen LogP contribution in [0.1, 0.15) is 57.8 Å². The summed E-state index contributed by atoms with van der Waals surface area (Å²) < 4.78 is 0. The van der Waals surface area contributed by atoms with Gasteiger partial charge < -0.3 is 0 Å². The average molecular weight is 353 g/mol. The Balaban J connectivity index is 1.70. The standard InChI is InChI=1S/C24H33P/c1-2-3-4-5-6-7-8-9-10-17-22-25(23-18-13-11-14-19-23)24-20-15-12-16-21-24/h2,11-16,18-21H,1,3-10,17,22H2. The number of benzene rings is 2. The van der Waals surface area contributed by atoms with Crippen molar-refractivity contribution in [2.45, 2.75) is 57.8 Å². The molecule has 1 heteroatoms. The Morgan fingerprint density at radius 1 is 0.600 bits per heavy atom. The predicted molar refractivity (Wildman–Crippen MR) is 116 cm³/mol. The fourth-order valence-electron chi connectivity index (χ4n) is 3.24. The van der Waals surface area contributed by atoms with E-state index < -0.39 is 0 Å². The van der Waals surface area contributed by atoms with Crippen molar-refractivity contribution in [2.24, 2.45) is 0 Å². The first kappa shape index (κ1) is 19.9. The molecule has 0 fully saturated rings. The van der Waals surface area contributed by atoms with E-state index in [4.69, 9.17) is 0 Å². The van der Waals surface area contributed by atoms with Crippen LogP contribution in [-0.2, 0) is 0 Å². The largest absolute Gasteiger partial charge is 0.103 e. The summed E-state index contributed by atoms with van der Waals surface area (Å²) in [5.41, 5.74) is 0. The van der Waals surface area contributed by atoms with Crippen molar-refractivity contribution in [2.75, 3.05) is 6.16 Å². The average Bonchev–Trinajstić information content (AvgIpc) is 2.67. The maximum atomic E-state index is 3.79. The van der Waals surface area contributed by atoms with Gasteiger partial charge in [0.15, 0.2) is 0 Å². The monoisotopic (exact) mass is 352 g/mol. The van der Waals surface area contributed by atoms with Crippen LogP contribution in [0.4, 0.5) is 0 Å². The van der Waals surface area contributed by atoms with Crippen LogP contribution in [0.15, 0.2) is 73.3 Å². The summed E-state index contributed by atoms with van der Waals surface area (Å²) in [6, 6.07) is 22.2. The Kier molecular flexibility index (Phi) is 10.3. The van der Waals surface area contributed by atoms with Gasteiger partial charge in [-0.15, -0.1) is 6.58 Å². The fraction of sp³-hybridized carbons (Fsp3) is 0.417. The molecule has 2 aromatic carbocycles. The third kappa shape index (κ3) is 8.02. The van der Waals surface area contributed by atoms with Crippen LogP contribution in [0.3, 0.4) is 0 Å². The molecular formula is C24H33P. The highest BCUT2D eigenvalue weighted by Crippen LogP contribution is 2.34. The third-order valence-corrected chi connectivity index (χ3v) is 7.28. The Morgan fingerprint density at radius 2 is 1.04 bits per heavy atom. The number of hydrogen-bond acceptors (Lipinski definition) is 0. The van der Waals surface area contributed by atoms with E-state index in [-0.39, 0.29) is 7.92 Å². The first-order chi connectivity index (χ1) is 12.4. The second kappa shape index (κ2) is 12.9. The summed E-state index contributed by atoms with van der Waals surface area (Å²) in [6.07, 6.45) is 15.6. The number of hydrogen-bond donors (Lipinski definition) is 0. The Hall–Kier alpha value is -1.39. The maximum absolute atomic E-state index is 3.79. The maximum Gasteiger partial charge on any atom is -0.0195 e. The van der Waals surface area contributed by atoms with Crippen molar-refractivity contribution in [3.8, 4) is 0 Å². The second-order valence-electron chi connectivity index (χ2n) is 6.73. The van der Waals surface area contributed by atoms with E-state index in [0.717, 1.165) is 0 Å². The van der Waals surface area contributed by atoms with Gasteiger partial charge in [-0.05, 0) is 44.0 Å². The van der Waals surface area contributed by atoms with Crippen LogP contribution in [0.2, 0.25) is 0 Å². The van der Waals surface area contributed by atoms with Crippen molar-refractivity contribution in [1.29, 1.82) is 0 Å². The van der Waals surface area contributed by atoms with Crippen LogP contribution in [0.25, 0.3) is 0 Å². The molecule has 25 heavy (non-hydrogen) atoms. The van der Waals surface area contributed by atoms with E-state index in [9.17, 15) is 0 Å². The predicted octanol–water partition coefficient (Wildman–Crippen LogP) is 6.82. The minimum atomic E-state index is -0.195. The third-order valence-electron chi connectivity index (χ3n) is 4.68. The first-order valence-corrected chi connectivity index (χ1v) is 11.4. The highest BCUT2D eigenvalue weighted by Gasteiger charge is 2.12. The summed E-state index contributed by atoms with van der Waals surface area (Å²) in [5, 5.41) is 3.04. The minimum absolute atomic E-state index is 0.195. The molecule has 0 aliphatic carbocycles. The van der Waals surface area contributed by atoms with Gasteiger partial charge in [-0.3, -0.25) is 0 Å². The lowest BCUT2D eigenvalue weighted by Crippen LogP contribution is -2.13. The molecule has 2 rings (SSSR count). The van der Waals surface area contributed by atoms with Crippen LogP contribution >= 0.6 is 7.92 Å². The van der Waals surface area contributed by atoms with E-state index in [1.165, 1.54) is 74.6 Å². The van der Waals surface area contributed by atoms with Gasteiger partial charge in [-0.2, -0.15) is 0 Å². The normalized spacial score (nSPS) is 10.9. The molecule has 2 aromatic rings. The summed E-state index contributed by atoms with van der Waals surface area (Å²) >= 11 is 0. The van der Waals surface area contributed by atoms with E-state index in [2.05, 4.69) is 67.2 Å². The second-order valence-corrected chi connectivity index (χ2v) is 9.06. The molecule has 0 aromatic heterocycles. The zero-order valence-corrected chi connectivity index (χ0v) is 16.5. The van der Waals surface area contributed by atoms with Gasteiger partial charge >= 0.3 is 0 Å². The van der Waals surface area contributed by atoms with Crippen LogP contribution in [0.5, 0.6) is 0 Å². The van der Waals surface area contributed by atoms with Gasteiger partial charge in [0.1, 0.15) is 0 Å². The van der Waals surface area contributed by atoms with Crippen molar-refractivity contribution >= 4 is 18.5 Å². The van der Waals surface area contributed by atoms with Gasteiger partial charge in [0.05, 0.1) is 0 Å². The molecule has 0 unspecified atom stereocenters. The van der Waals surface area contributed by atoms with E-state index in [1.807, 2.05) is 6.08 Å². The van der Waals surface area contributed by atoms with Crippen molar-refractivity contribution in [1.82, 2.24) is 0 Å². The van der Waals surface area contributed by atoms with Crippen molar-refractivity contribution in [3.63, 3.8) is 0 Å². The molecule has 0 nitrogen and oxygen atoms in total. The lowest BCUT2D eigenvalue weighted by Gasteiger charge is -2.18. The smallest absolute Gasteiger partial charge is 0.0195 e. The SMILES string of the molecule is C=CCCCCCCCCCCP(c1ccccc1)c1ccccc1. The highest BCUT2D eigenvalue weighted by molar-refractivity contribution is 7.73. The zero-order valence-electron chi connectivity index (χ0n) is 15.6. The van der Waals surface area contributed by atoms with Gasteiger partial charge in [0.25, 0.3) is 0 Å². The quantitative estimate of drug-likeness (QED) is 0.211. The number of unbranched alkanes of at least 4 members (excludes halogenated alkanes) is 8. The zero-order chi connectivity index (χ0) is 17.6. The molecule has 0 spiro atoms. The molecule has 0 N–H and O–H groups in total. The van der Waals surface area contributed by atoms with E-state index in [1.54, 1.807) is 0 Å². The van der Waals surface area contributed by atoms with E-state index in [0.29, 0.717) is 0 Å². The van der Waals surface area contributed by atoms with E-state index >= 15 is 0 Å². The van der Waals surface area contributed by atoms with Gasteiger partial charge in [-0.1, -0.05) is 105 Å². The van der Waals surface area contributed by atoms with Crippen LogP contribution < -0.4 is 10.6 Å². The van der Waals surface area contributed by atoms with Crippen molar-refractivity contribution in [3.05, 3.63) is 73.3 Å². The molecule has 134 valence electrons. The summed E-state index contributed by atoms with van der Waals surface area (Å²) in [7, 11) is -0.195. The fourth-order valence-corrected chi connectivity index (χ4v) is 5.66. The summed E-state index contributed by atoms with van der Waals surface area (Å²) in [5.74, 6) is 0. The molecule has 0 saturated carbocycles. The highest BCUT2D eigenvalue weighted by atomic mass is 31.1. The summed E-state index contributed by atoms with van der Waals surface area (Å²) in [6.45, 7) is 3.79. The minimum Gasteiger partial charge on any atom is -0.103 e. The van der Waals surface area contributed by atoms with Crippen LogP contribution in [-0.4, -0.2) is 6.16 Å². The molecule has 0 radical (unpaired) electrons. The molecular weight excluding hydrogens is 319 g/mol. The molecule has 0 atom stereocenters. The lowest BCUT2D eigenvalue weighted by molar-refractivity contribution is 0.578. The molecule has 0 amide bonds. The lowest BCUT2D eigenvalue weighted by atomic mass is 10.1. The van der Waals surface area contributed by atoms with Crippen molar-refractivity contribution < 1.29 is 0 Å². The molecule has 0 bridgehead atoms. The number of allylic oxidation sites excluding steroid dienone is 1. The van der Waals surface area contributed by atoms with Gasteiger partial charge in [0, 0.05) is 0 Å². The Bertz CT molecular complexity index is 522. The molecule has 0 aliphatic heterocycles. The first-order valence-electron chi connectivity index (χ1n) is 9.90. The Labute approximate surface area is 156 Å². The molecule has 0 aliphatic rings. The summed E-state index contributed by atoms with van der Waals surface area (Å²) in [4.78, 5) is 0. The molecule has 0 heterocycles. The van der Waals surface area contributed by atoms with Gasteiger partial charge in [0.2, 0.25) is 0 Å². The topological polar surface area (TPSA) is 0 Å². The number of rotatable bonds is 13. The van der Waals surface area contributed by atoms with Gasteiger partial charge in [-0.25, -0.2) is 0 Å². The Morgan fingerprint density at radius 3 is 1.52 bits per heavy atom. The van der Waals surface area contributed by atoms with Crippen LogP contribution in [0, 0.1) is 0 Å².